The van der Waals surface area contributed by atoms with Gasteiger partial charge in [0.1, 0.15) is 0 Å². The Balaban J connectivity index is 2.39. The lowest BCUT2D eigenvalue weighted by atomic mass is 10.0. The highest BCUT2D eigenvalue weighted by atomic mass is 19.2. The lowest BCUT2D eigenvalue weighted by molar-refractivity contribution is 0.100. The van der Waals surface area contributed by atoms with Gasteiger partial charge < -0.3 is 5.73 Å². The van der Waals surface area contributed by atoms with Crippen LogP contribution >= 0.6 is 0 Å². The maximum absolute atomic E-state index is 13.0. The zero-order valence-corrected chi connectivity index (χ0v) is 8.78. The highest BCUT2D eigenvalue weighted by molar-refractivity contribution is 5.93. The van der Waals surface area contributed by atoms with Crippen LogP contribution in [-0.4, -0.2) is 5.91 Å². The molecule has 0 aliphatic heterocycles. The zero-order valence-electron chi connectivity index (χ0n) is 8.78. The number of carbonyl (C=O) groups is 1. The molecule has 2 nitrogen and oxygen atoms in total. The van der Waals surface area contributed by atoms with Crippen molar-refractivity contribution in [1.82, 2.24) is 0 Å². The molecule has 0 saturated heterocycles. The minimum absolute atomic E-state index is 0.372. The third kappa shape index (κ3) is 2.30. The molecule has 0 bridgehead atoms. The van der Waals surface area contributed by atoms with E-state index in [1.807, 2.05) is 0 Å². The molecule has 0 heterocycles. The third-order valence-corrected chi connectivity index (χ3v) is 2.42. The van der Waals surface area contributed by atoms with Gasteiger partial charge in [-0.1, -0.05) is 18.2 Å². The van der Waals surface area contributed by atoms with E-state index in [1.54, 1.807) is 24.3 Å². The maximum Gasteiger partial charge on any atom is 0.248 e. The molecule has 0 atom stereocenters. The van der Waals surface area contributed by atoms with Gasteiger partial charge in [-0.05, 0) is 35.4 Å². The molecule has 4 heteroatoms. The molecule has 0 radical (unpaired) electrons. The topological polar surface area (TPSA) is 43.1 Å². The van der Waals surface area contributed by atoms with E-state index in [2.05, 4.69) is 0 Å². The molecule has 0 aliphatic carbocycles. The average molecular weight is 233 g/mol. The molecule has 0 fully saturated rings. The van der Waals surface area contributed by atoms with Crippen LogP contribution in [0.25, 0.3) is 11.1 Å². The Morgan fingerprint density at radius 1 is 0.882 bits per heavy atom. The Morgan fingerprint density at radius 2 is 1.47 bits per heavy atom. The molecule has 86 valence electrons. The van der Waals surface area contributed by atoms with Gasteiger partial charge in [-0.25, -0.2) is 8.78 Å². The Morgan fingerprint density at radius 3 is 2.00 bits per heavy atom. The van der Waals surface area contributed by atoms with Crippen molar-refractivity contribution < 1.29 is 13.6 Å². The van der Waals surface area contributed by atoms with Crippen LogP contribution < -0.4 is 5.73 Å². The minimum atomic E-state index is -0.901. The van der Waals surface area contributed by atoms with Crippen LogP contribution in [0.2, 0.25) is 0 Å². The molecule has 17 heavy (non-hydrogen) atoms. The van der Waals surface area contributed by atoms with Crippen molar-refractivity contribution in [2.45, 2.75) is 0 Å². The molecule has 2 aromatic carbocycles. The maximum atomic E-state index is 13.0. The summed E-state index contributed by atoms with van der Waals surface area (Å²) in [6.45, 7) is 0. The van der Waals surface area contributed by atoms with E-state index in [0.717, 1.165) is 12.1 Å². The first kappa shape index (κ1) is 11.3. The van der Waals surface area contributed by atoms with Crippen molar-refractivity contribution in [3.63, 3.8) is 0 Å². The fourth-order valence-corrected chi connectivity index (χ4v) is 1.50. The molecule has 0 saturated carbocycles. The van der Waals surface area contributed by atoms with E-state index in [9.17, 15) is 13.6 Å². The van der Waals surface area contributed by atoms with Crippen LogP contribution in [0.5, 0.6) is 0 Å². The average Bonchev–Trinajstić information content (AvgIpc) is 2.33. The first-order valence-electron chi connectivity index (χ1n) is 4.93. The first-order chi connectivity index (χ1) is 8.08. The van der Waals surface area contributed by atoms with Crippen molar-refractivity contribution in [3.05, 3.63) is 59.7 Å². The summed E-state index contributed by atoms with van der Waals surface area (Å²) in [5.74, 6) is -2.31. The molecule has 0 aromatic heterocycles. The number of rotatable bonds is 2. The standard InChI is InChI=1S/C13H9F2NO/c14-11-6-5-10(7-12(11)15)8-1-3-9(4-2-8)13(16)17/h1-7H,(H2,16,17). The van der Waals surface area contributed by atoms with Crippen LogP contribution in [-0.2, 0) is 0 Å². The Bertz CT molecular complexity index is 564. The summed E-state index contributed by atoms with van der Waals surface area (Å²) >= 11 is 0. The summed E-state index contributed by atoms with van der Waals surface area (Å²) in [6.07, 6.45) is 0. The molecular weight excluding hydrogens is 224 g/mol. The van der Waals surface area contributed by atoms with E-state index in [0.29, 0.717) is 16.7 Å². The molecule has 1 amide bonds. The summed E-state index contributed by atoms with van der Waals surface area (Å²) in [5.41, 5.74) is 6.70. The number of hydrogen-bond acceptors (Lipinski definition) is 1. The quantitative estimate of drug-likeness (QED) is 0.851. The summed E-state index contributed by atoms with van der Waals surface area (Å²) in [5, 5.41) is 0. The van der Waals surface area contributed by atoms with E-state index in [4.69, 9.17) is 5.73 Å². The first-order valence-corrected chi connectivity index (χ1v) is 4.93. The van der Waals surface area contributed by atoms with Gasteiger partial charge in [-0.3, -0.25) is 4.79 Å². The van der Waals surface area contributed by atoms with Crippen LogP contribution in [0, 0.1) is 11.6 Å². The van der Waals surface area contributed by atoms with Crippen LogP contribution in [0.15, 0.2) is 42.5 Å². The van der Waals surface area contributed by atoms with Gasteiger partial charge in [0.05, 0.1) is 0 Å². The predicted octanol–water partition coefficient (Wildman–Crippen LogP) is 2.73. The van der Waals surface area contributed by atoms with E-state index in [1.165, 1.54) is 6.07 Å². The number of amides is 1. The molecule has 2 N–H and O–H groups in total. The number of primary amides is 1. The number of nitrogens with two attached hydrogens (primary N) is 1. The number of benzene rings is 2. The number of hydrogen-bond donors (Lipinski definition) is 1. The van der Waals surface area contributed by atoms with Crippen molar-refractivity contribution in [3.8, 4) is 11.1 Å². The Labute approximate surface area is 96.7 Å². The van der Waals surface area contributed by atoms with E-state index >= 15 is 0 Å². The second-order valence-corrected chi connectivity index (χ2v) is 3.57. The zero-order chi connectivity index (χ0) is 12.4. The lowest BCUT2D eigenvalue weighted by Crippen LogP contribution is -2.10. The summed E-state index contributed by atoms with van der Waals surface area (Å²) < 4.78 is 25.8. The predicted molar refractivity (Wildman–Crippen MR) is 60.3 cm³/mol. The smallest absolute Gasteiger partial charge is 0.248 e. The fraction of sp³-hybridized carbons (Fsp3) is 0. The van der Waals surface area contributed by atoms with Crippen molar-refractivity contribution in [2.24, 2.45) is 5.73 Å². The Kier molecular flexibility index (Phi) is 2.87. The van der Waals surface area contributed by atoms with E-state index < -0.39 is 17.5 Å². The van der Waals surface area contributed by atoms with Gasteiger partial charge in [0, 0.05) is 5.56 Å². The normalized spacial score (nSPS) is 10.2. The number of halogens is 2. The van der Waals surface area contributed by atoms with Gasteiger partial charge in [0.15, 0.2) is 11.6 Å². The minimum Gasteiger partial charge on any atom is -0.366 e. The third-order valence-electron chi connectivity index (χ3n) is 2.42. The van der Waals surface area contributed by atoms with Gasteiger partial charge in [0.25, 0.3) is 0 Å². The van der Waals surface area contributed by atoms with Gasteiger partial charge >= 0.3 is 0 Å². The second kappa shape index (κ2) is 4.33. The molecular formula is C13H9F2NO. The van der Waals surface area contributed by atoms with Crippen molar-refractivity contribution in [2.75, 3.05) is 0 Å². The Hall–Kier alpha value is -2.23. The number of carbonyl (C=O) groups excluding carboxylic acids is 1. The summed E-state index contributed by atoms with van der Waals surface area (Å²) in [6, 6.07) is 9.98. The van der Waals surface area contributed by atoms with Crippen molar-refractivity contribution in [1.29, 1.82) is 0 Å². The van der Waals surface area contributed by atoms with Gasteiger partial charge in [-0.2, -0.15) is 0 Å². The van der Waals surface area contributed by atoms with Crippen LogP contribution in [0.3, 0.4) is 0 Å². The van der Waals surface area contributed by atoms with Crippen molar-refractivity contribution >= 4 is 5.91 Å². The summed E-state index contributed by atoms with van der Waals surface area (Å²) in [7, 11) is 0. The second-order valence-electron chi connectivity index (χ2n) is 3.57. The van der Waals surface area contributed by atoms with Crippen LogP contribution in [0.4, 0.5) is 8.78 Å². The molecule has 2 rings (SSSR count). The molecule has 2 aromatic rings. The highest BCUT2D eigenvalue weighted by Gasteiger charge is 2.05. The van der Waals surface area contributed by atoms with Gasteiger partial charge in [0.2, 0.25) is 5.91 Å². The SMILES string of the molecule is NC(=O)c1ccc(-c2ccc(F)c(F)c2)cc1. The monoisotopic (exact) mass is 233 g/mol. The van der Waals surface area contributed by atoms with Gasteiger partial charge in [-0.15, -0.1) is 0 Å². The van der Waals surface area contributed by atoms with E-state index in [-0.39, 0.29) is 0 Å². The summed E-state index contributed by atoms with van der Waals surface area (Å²) in [4.78, 5) is 10.9. The molecule has 0 aliphatic rings. The molecule has 0 spiro atoms. The largest absolute Gasteiger partial charge is 0.366 e. The van der Waals surface area contributed by atoms with Crippen LogP contribution in [0.1, 0.15) is 10.4 Å². The molecule has 0 unspecified atom stereocenters. The highest BCUT2D eigenvalue weighted by Crippen LogP contribution is 2.21. The fourth-order valence-electron chi connectivity index (χ4n) is 1.50. The lowest BCUT2D eigenvalue weighted by Gasteiger charge is -2.03.